The number of carboxylic acid groups (broad SMARTS) is 1. The Morgan fingerprint density at radius 1 is 1.60 bits per heavy atom. The van der Waals surface area contributed by atoms with Crippen LogP contribution in [0.15, 0.2) is 12.7 Å². The fraction of sp³-hybridized carbons (Fsp3) is 0.286. The number of hydrogen-bond donors (Lipinski definition) is 2. The second-order valence-corrected chi connectivity index (χ2v) is 2.91. The van der Waals surface area contributed by atoms with E-state index in [-0.39, 0.29) is 11.7 Å². The van der Waals surface area contributed by atoms with Crippen molar-refractivity contribution in [3.05, 3.63) is 24.0 Å². The van der Waals surface area contributed by atoms with Gasteiger partial charge < -0.3 is 5.11 Å². The molecule has 2 N–H and O–H groups in total. The van der Waals surface area contributed by atoms with Crippen LogP contribution in [0.5, 0.6) is 0 Å². The molecule has 0 spiro atoms. The Balaban J connectivity index is 2.37. The van der Waals surface area contributed by atoms with Crippen LogP contribution in [0.25, 0.3) is 0 Å². The van der Waals surface area contributed by atoms with Crippen molar-refractivity contribution < 1.29 is 9.90 Å². The second kappa shape index (κ2) is 3.48. The molecule has 2 aromatic rings. The molecule has 0 aliphatic heterocycles. The van der Waals surface area contributed by atoms with E-state index in [0.717, 1.165) is 0 Å². The van der Waals surface area contributed by atoms with Crippen LogP contribution in [0.3, 0.4) is 0 Å². The summed E-state index contributed by atoms with van der Waals surface area (Å²) in [5, 5.41) is 22.4. The molecule has 0 radical (unpaired) electrons. The summed E-state index contributed by atoms with van der Waals surface area (Å²) in [6.45, 7) is 1.76. The van der Waals surface area contributed by atoms with Crippen molar-refractivity contribution in [1.82, 2.24) is 30.2 Å². The van der Waals surface area contributed by atoms with E-state index in [1.807, 2.05) is 0 Å². The molecule has 0 saturated heterocycles. The number of aromatic nitrogens is 6. The van der Waals surface area contributed by atoms with Gasteiger partial charge in [0.05, 0.1) is 6.04 Å². The third-order valence-corrected chi connectivity index (χ3v) is 2.01. The van der Waals surface area contributed by atoms with E-state index in [9.17, 15) is 4.79 Å². The normalized spacial score (nSPS) is 12.6. The number of H-pyrrole nitrogens is 1. The Morgan fingerprint density at radius 2 is 2.40 bits per heavy atom. The van der Waals surface area contributed by atoms with Gasteiger partial charge >= 0.3 is 5.97 Å². The first kappa shape index (κ1) is 9.31. The van der Waals surface area contributed by atoms with Gasteiger partial charge in [-0.15, -0.1) is 5.10 Å². The lowest BCUT2D eigenvalue weighted by Gasteiger charge is -2.07. The minimum Gasteiger partial charge on any atom is -0.476 e. The van der Waals surface area contributed by atoms with Gasteiger partial charge in [-0.2, -0.15) is 15.4 Å². The standard InChI is InChI=1S/C7H8N6O2/c1-4(13-3-8-2-9-13)5-6(7(14)15)11-12-10-5/h2-4H,1H3,(H,14,15)(H,10,11,12). The lowest BCUT2D eigenvalue weighted by molar-refractivity contribution is 0.0688. The maximum absolute atomic E-state index is 10.8. The molecule has 78 valence electrons. The van der Waals surface area contributed by atoms with Gasteiger partial charge in [0.15, 0.2) is 5.69 Å². The van der Waals surface area contributed by atoms with E-state index < -0.39 is 5.97 Å². The third-order valence-electron chi connectivity index (χ3n) is 2.01. The van der Waals surface area contributed by atoms with Crippen molar-refractivity contribution in [1.29, 1.82) is 0 Å². The lowest BCUT2D eigenvalue weighted by atomic mass is 10.2. The second-order valence-electron chi connectivity index (χ2n) is 2.91. The number of nitrogens with zero attached hydrogens (tertiary/aromatic N) is 5. The summed E-state index contributed by atoms with van der Waals surface area (Å²) in [5.41, 5.74) is 0.228. The highest BCUT2D eigenvalue weighted by atomic mass is 16.4. The Hall–Kier alpha value is -2.25. The third kappa shape index (κ3) is 1.56. The molecule has 0 aliphatic carbocycles. The first-order chi connectivity index (χ1) is 7.20. The first-order valence-corrected chi connectivity index (χ1v) is 4.18. The van der Waals surface area contributed by atoms with Gasteiger partial charge in [-0.25, -0.2) is 14.5 Å². The molecule has 2 rings (SSSR count). The highest BCUT2D eigenvalue weighted by Gasteiger charge is 2.21. The van der Waals surface area contributed by atoms with E-state index in [4.69, 9.17) is 5.11 Å². The van der Waals surface area contributed by atoms with Crippen molar-refractivity contribution in [2.75, 3.05) is 0 Å². The predicted octanol–water partition coefficient (Wildman–Crippen LogP) is -0.296. The zero-order valence-electron chi connectivity index (χ0n) is 7.82. The summed E-state index contributed by atoms with van der Waals surface area (Å²) in [6.07, 6.45) is 2.86. The maximum Gasteiger partial charge on any atom is 0.358 e. The highest BCUT2D eigenvalue weighted by Crippen LogP contribution is 2.15. The number of nitrogens with one attached hydrogen (secondary N) is 1. The number of aromatic amines is 1. The van der Waals surface area contributed by atoms with Gasteiger partial charge in [0.2, 0.25) is 0 Å². The van der Waals surface area contributed by atoms with Gasteiger partial charge in [0, 0.05) is 0 Å². The van der Waals surface area contributed by atoms with Crippen LogP contribution < -0.4 is 0 Å². The maximum atomic E-state index is 10.8. The molecule has 0 aromatic carbocycles. The molecule has 2 heterocycles. The molecular formula is C7H8N6O2. The zero-order valence-corrected chi connectivity index (χ0v) is 7.82. The minimum atomic E-state index is -1.12. The number of carbonyl (C=O) groups is 1. The van der Waals surface area contributed by atoms with E-state index in [1.54, 1.807) is 6.92 Å². The molecule has 1 atom stereocenters. The molecule has 0 amide bonds. The summed E-state index contributed by atoms with van der Waals surface area (Å²) >= 11 is 0. The average Bonchev–Trinajstić information content (AvgIpc) is 2.88. The fourth-order valence-corrected chi connectivity index (χ4v) is 1.23. The lowest BCUT2D eigenvalue weighted by Crippen LogP contribution is -2.12. The quantitative estimate of drug-likeness (QED) is 0.716. The van der Waals surface area contributed by atoms with Gasteiger partial charge in [-0.3, -0.25) is 0 Å². The molecule has 0 saturated carbocycles. The van der Waals surface area contributed by atoms with E-state index >= 15 is 0 Å². The Kier molecular flexibility index (Phi) is 2.16. The van der Waals surface area contributed by atoms with Crippen molar-refractivity contribution in [2.24, 2.45) is 0 Å². The van der Waals surface area contributed by atoms with Crippen LogP contribution in [-0.4, -0.2) is 41.3 Å². The molecule has 0 bridgehead atoms. The van der Waals surface area contributed by atoms with Crippen LogP contribution in [0.2, 0.25) is 0 Å². The van der Waals surface area contributed by atoms with Crippen LogP contribution in [0, 0.1) is 0 Å². The summed E-state index contributed by atoms with van der Waals surface area (Å²) in [6, 6.07) is -0.322. The summed E-state index contributed by atoms with van der Waals surface area (Å²) < 4.78 is 1.50. The SMILES string of the molecule is CC(c1n[nH]nc1C(=O)O)n1cncn1. The Bertz CT molecular complexity index is 462. The van der Waals surface area contributed by atoms with Crippen LogP contribution in [0.1, 0.15) is 29.1 Å². The highest BCUT2D eigenvalue weighted by molar-refractivity contribution is 5.86. The fourth-order valence-electron chi connectivity index (χ4n) is 1.23. The molecule has 1 unspecified atom stereocenters. The van der Waals surface area contributed by atoms with Crippen molar-refractivity contribution >= 4 is 5.97 Å². The molecule has 8 nitrogen and oxygen atoms in total. The van der Waals surface area contributed by atoms with Crippen molar-refractivity contribution in [3.63, 3.8) is 0 Å². The minimum absolute atomic E-state index is 0.0991. The first-order valence-electron chi connectivity index (χ1n) is 4.18. The molecule has 0 fully saturated rings. The Morgan fingerprint density at radius 3 is 3.00 bits per heavy atom. The van der Waals surface area contributed by atoms with Gasteiger partial charge in [0.1, 0.15) is 18.3 Å². The van der Waals surface area contributed by atoms with E-state index in [1.165, 1.54) is 17.3 Å². The monoisotopic (exact) mass is 208 g/mol. The van der Waals surface area contributed by atoms with Crippen molar-refractivity contribution in [2.45, 2.75) is 13.0 Å². The average molecular weight is 208 g/mol. The van der Waals surface area contributed by atoms with Crippen LogP contribution in [-0.2, 0) is 0 Å². The van der Waals surface area contributed by atoms with E-state index in [2.05, 4.69) is 25.5 Å². The number of rotatable bonds is 3. The number of carboxylic acids is 1. The summed E-state index contributed by atoms with van der Waals surface area (Å²) in [4.78, 5) is 14.6. The van der Waals surface area contributed by atoms with Gasteiger partial charge in [0.25, 0.3) is 0 Å². The van der Waals surface area contributed by atoms with Crippen molar-refractivity contribution in [3.8, 4) is 0 Å². The molecule has 8 heteroatoms. The summed E-state index contributed by atoms with van der Waals surface area (Å²) in [7, 11) is 0. The topological polar surface area (TPSA) is 110 Å². The van der Waals surface area contributed by atoms with Gasteiger partial charge in [-0.1, -0.05) is 0 Å². The smallest absolute Gasteiger partial charge is 0.358 e. The molecule has 0 aliphatic rings. The molecule has 15 heavy (non-hydrogen) atoms. The Labute approximate surface area is 84.0 Å². The van der Waals surface area contributed by atoms with Crippen LogP contribution in [0.4, 0.5) is 0 Å². The van der Waals surface area contributed by atoms with Gasteiger partial charge in [-0.05, 0) is 6.92 Å². The molecular weight excluding hydrogens is 200 g/mol. The predicted molar refractivity (Wildman–Crippen MR) is 47.2 cm³/mol. The largest absolute Gasteiger partial charge is 0.476 e. The van der Waals surface area contributed by atoms with E-state index in [0.29, 0.717) is 5.69 Å². The number of hydrogen-bond acceptors (Lipinski definition) is 5. The molecule has 2 aromatic heterocycles. The zero-order chi connectivity index (χ0) is 10.8. The summed E-state index contributed by atoms with van der Waals surface area (Å²) in [5.74, 6) is -1.12. The number of aromatic carboxylic acids is 1. The van der Waals surface area contributed by atoms with Crippen LogP contribution >= 0.6 is 0 Å².